The smallest absolute Gasteiger partial charge is 0.274 e. The summed E-state index contributed by atoms with van der Waals surface area (Å²) >= 11 is 0. The Labute approximate surface area is 77.8 Å². The highest BCUT2D eigenvalue weighted by Crippen LogP contribution is 2.31. The maximum atomic E-state index is 13.2. The zero-order valence-corrected chi connectivity index (χ0v) is 8.12. The average Bonchev–Trinajstić information content (AvgIpc) is 2.08. The van der Waals surface area contributed by atoms with Gasteiger partial charge in [0.25, 0.3) is 5.91 Å². The van der Waals surface area contributed by atoms with Crippen LogP contribution in [-0.2, 0) is 9.63 Å². The summed E-state index contributed by atoms with van der Waals surface area (Å²) in [7, 11) is 2.78. The third-order valence-electron chi connectivity index (χ3n) is 2.62. The first-order valence-electron chi connectivity index (χ1n) is 4.61. The van der Waals surface area contributed by atoms with Crippen molar-refractivity contribution < 1.29 is 14.0 Å². The molecule has 1 amide bonds. The van der Waals surface area contributed by atoms with Crippen molar-refractivity contribution in [1.82, 2.24) is 5.06 Å². The minimum atomic E-state index is -1.39. The summed E-state index contributed by atoms with van der Waals surface area (Å²) in [6.45, 7) is 0. The van der Waals surface area contributed by atoms with Crippen molar-refractivity contribution in [3.8, 4) is 0 Å². The SMILES string of the molecule is CON(C)C(=O)C(F)CC1CCC1. The summed E-state index contributed by atoms with van der Waals surface area (Å²) in [5.41, 5.74) is 0. The monoisotopic (exact) mass is 189 g/mol. The van der Waals surface area contributed by atoms with Crippen molar-refractivity contribution in [3.63, 3.8) is 0 Å². The molecule has 0 spiro atoms. The third-order valence-corrected chi connectivity index (χ3v) is 2.62. The van der Waals surface area contributed by atoms with Crippen molar-refractivity contribution in [2.24, 2.45) is 5.92 Å². The number of carbonyl (C=O) groups excluding carboxylic acids is 1. The fraction of sp³-hybridized carbons (Fsp3) is 0.889. The van der Waals surface area contributed by atoms with Gasteiger partial charge < -0.3 is 0 Å². The lowest BCUT2D eigenvalue weighted by Crippen LogP contribution is -2.35. The fourth-order valence-electron chi connectivity index (χ4n) is 1.41. The van der Waals surface area contributed by atoms with E-state index in [0.29, 0.717) is 12.3 Å². The van der Waals surface area contributed by atoms with E-state index in [9.17, 15) is 9.18 Å². The molecular weight excluding hydrogens is 173 g/mol. The van der Waals surface area contributed by atoms with Crippen molar-refractivity contribution in [2.75, 3.05) is 14.2 Å². The van der Waals surface area contributed by atoms with E-state index >= 15 is 0 Å². The van der Waals surface area contributed by atoms with Crippen molar-refractivity contribution >= 4 is 5.91 Å². The summed E-state index contributed by atoms with van der Waals surface area (Å²) in [5.74, 6) is -0.168. The van der Waals surface area contributed by atoms with E-state index in [1.807, 2.05) is 0 Å². The second-order valence-electron chi connectivity index (χ2n) is 3.52. The molecule has 1 aliphatic rings. The van der Waals surface area contributed by atoms with E-state index < -0.39 is 12.1 Å². The van der Waals surface area contributed by atoms with Gasteiger partial charge in [-0.05, 0) is 12.3 Å². The molecule has 3 nitrogen and oxygen atoms in total. The number of rotatable bonds is 4. The van der Waals surface area contributed by atoms with Gasteiger partial charge in [-0.15, -0.1) is 0 Å². The van der Waals surface area contributed by atoms with Crippen LogP contribution in [0.4, 0.5) is 4.39 Å². The lowest BCUT2D eigenvalue weighted by Gasteiger charge is -2.27. The van der Waals surface area contributed by atoms with Gasteiger partial charge >= 0.3 is 0 Å². The molecule has 1 aliphatic carbocycles. The third kappa shape index (κ3) is 2.66. The number of alkyl halides is 1. The lowest BCUT2D eigenvalue weighted by molar-refractivity contribution is -0.175. The lowest BCUT2D eigenvalue weighted by atomic mass is 9.81. The number of hydroxylamine groups is 2. The minimum absolute atomic E-state index is 0.354. The number of hydrogen-bond acceptors (Lipinski definition) is 2. The molecule has 0 N–H and O–H groups in total. The second-order valence-corrected chi connectivity index (χ2v) is 3.52. The molecule has 1 saturated carbocycles. The van der Waals surface area contributed by atoms with Gasteiger partial charge in [0.1, 0.15) is 0 Å². The maximum absolute atomic E-state index is 13.2. The molecule has 1 atom stereocenters. The van der Waals surface area contributed by atoms with E-state index in [-0.39, 0.29) is 0 Å². The van der Waals surface area contributed by atoms with Crippen molar-refractivity contribution in [3.05, 3.63) is 0 Å². The van der Waals surface area contributed by atoms with E-state index in [0.717, 1.165) is 17.9 Å². The van der Waals surface area contributed by atoms with Gasteiger partial charge in [-0.2, -0.15) is 0 Å². The quantitative estimate of drug-likeness (QED) is 0.628. The first kappa shape index (κ1) is 10.4. The number of halogens is 1. The Balaban J connectivity index is 2.28. The highest BCUT2D eigenvalue weighted by Gasteiger charge is 2.28. The summed E-state index contributed by atoms with van der Waals surface area (Å²) < 4.78 is 13.2. The van der Waals surface area contributed by atoms with Crippen LogP contribution in [0, 0.1) is 5.92 Å². The molecular formula is C9H16FNO2. The number of nitrogens with zero attached hydrogens (tertiary/aromatic N) is 1. The standard InChI is InChI=1S/C9H16FNO2/c1-11(13-2)9(12)8(10)6-7-4-3-5-7/h7-8H,3-6H2,1-2H3. The van der Waals surface area contributed by atoms with Crippen molar-refractivity contribution in [2.45, 2.75) is 31.9 Å². The second kappa shape index (κ2) is 4.56. The average molecular weight is 189 g/mol. The Morgan fingerprint density at radius 2 is 2.31 bits per heavy atom. The van der Waals surface area contributed by atoms with Crippen LogP contribution in [0.5, 0.6) is 0 Å². The molecule has 0 radical (unpaired) electrons. The van der Waals surface area contributed by atoms with Crippen LogP contribution >= 0.6 is 0 Å². The predicted octanol–water partition coefficient (Wildman–Crippen LogP) is 1.53. The van der Waals surface area contributed by atoms with Crippen LogP contribution in [0.25, 0.3) is 0 Å². The Bertz CT molecular complexity index is 182. The molecule has 0 heterocycles. The van der Waals surface area contributed by atoms with Crippen LogP contribution in [0.1, 0.15) is 25.7 Å². The van der Waals surface area contributed by atoms with Crippen molar-refractivity contribution in [1.29, 1.82) is 0 Å². The predicted molar refractivity (Wildman–Crippen MR) is 46.6 cm³/mol. The summed E-state index contributed by atoms with van der Waals surface area (Å²) in [6.07, 6.45) is 2.25. The number of amides is 1. The van der Waals surface area contributed by atoms with E-state index in [1.165, 1.54) is 20.6 Å². The summed E-state index contributed by atoms with van der Waals surface area (Å²) in [4.78, 5) is 15.8. The Kier molecular flexibility index (Phi) is 3.66. The topological polar surface area (TPSA) is 29.5 Å². The Morgan fingerprint density at radius 3 is 2.69 bits per heavy atom. The zero-order chi connectivity index (χ0) is 9.84. The van der Waals surface area contributed by atoms with Gasteiger partial charge in [0, 0.05) is 7.05 Å². The van der Waals surface area contributed by atoms with E-state index in [4.69, 9.17) is 0 Å². The highest BCUT2D eigenvalue weighted by atomic mass is 19.1. The minimum Gasteiger partial charge on any atom is -0.274 e. The first-order valence-corrected chi connectivity index (χ1v) is 4.61. The molecule has 0 aromatic rings. The largest absolute Gasteiger partial charge is 0.280 e. The van der Waals surface area contributed by atoms with Gasteiger partial charge in [-0.1, -0.05) is 19.3 Å². The zero-order valence-electron chi connectivity index (χ0n) is 8.12. The molecule has 4 heteroatoms. The molecule has 13 heavy (non-hydrogen) atoms. The molecule has 0 aromatic heterocycles. The molecule has 0 saturated heterocycles. The van der Waals surface area contributed by atoms with Gasteiger partial charge in [0.15, 0.2) is 6.17 Å². The summed E-state index contributed by atoms with van der Waals surface area (Å²) in [6, 6.07) is 0. The van der Waals surface area contributed by atoms with Crippen LogP contribution in [0.2, 0.25) is 0 Å². The fourth-order valence-corrected chi connectivity index (χ4v) is 1.41. The van der Waals surface area contributed by atoms with Crippen LogP contribution < -0.4 is 0 Å². The molecule has 1 fully saturated rings. The van der Waals surface area contributed by atoms with Gasteiger partial charge in [-0.3, -0.25) is 9.63 Å². The molecule has 0 aromatic carbocycles. The van der Waals surface area contributed by atoms with E-state index in [1.54, 1.807) is 0 Å². The molecule has 76 valence electrons. The van der Waals surface area contributed by atoms with Crippen LogP contribution in [0.3, 0.4) is 0 Å². The highest BCUT2D eigenvalue weighted by molar-refractivity contribution is 5.79. The van der Waals surface area contributed by atoms with Crippen LogP contribution in [-0.4, -0.2) is 31.3 Å². The molecule has 1 rings (SSSR count). The number of carbonyl (C=O) groups is 1. The first-order chi connectivity index (χ1) is 6.15. The van der Waals surface area contributed by atoms with Crippen LogP contribution in [0.15, 0.2) is 0 Å². The summed E-state index contributed by atoms with van der Waals surface area (Å²) in [5, 5.41) is 0.948. The van der Waals surface area contributed by atoms with E-state index in [2.05, 4.69) is 4.84 Å². The van der Waals surface area contributed by atoms with Gasteiger partial charge in [-0.25, -0.2) is 9.45 Å². The molecule has 0 aliphatic heterocycles. The van der Waals surface area contributed by atoms with Gasteiger partial charge in [0.05, 0.1) is 7.11 Å². The van der Waals surface area contributed by atoms with Gasteiger partial charge in [0.2, 0.25) is 0 Å². The molecule has 1 unspecified atom stereocenters. The Morgan fingerprint density at radius 1 is 1.69 bits per heavy atom. The normalized spacial score (nSPS) is 19.3. The molecule has 0 bridgehead atoms. The number of hydrogen-bond donors (Lipinski definition) is 0. The Hall–Kier alpha value is -0.640. The maximum Gasteiger partial charge on any atom is 0.280 e.